The Morgan fingerprint density at radius 2 is 1.84 bits per heavy atom. The molecule has 2 aromatic rings. The zero-order chi connectivity index (χ0) is 18.0. The van der Waals surface area contributed by atoms with Gasteiger partial charge in [0.05, 0.1) is 12.2 Å². The van der Waals surface area contributed by atoms with Crippen LogP contribution in [0.2, 0.25) is 0 Å². The van der Waals surface area contributed by atoms with Crippen LogP contribution in [0.25, 0.3) is 0 Å². The highest BCUT2D eigenvalue weighted by molar-refractivity contribution is 5.92. The minimum absolute atomic E-state index is 0.0653. The first kappa shape index (κ1) is 17.2. The summed E-state index contributed by atoms with van der Waals surface area (Å²) >= 11 is 0. The van der Waals surface area contributed by atoms with Crippen LogP contribution in [-0.4, -0.2) is 33.1 Å². The van der Waals surface area contributed by atoms with Crippen molar-refractivity contribution in [1.82, 2.24) is 14.7 Å². The predicted molar refractivity (Wildman–Crippen MR) is 93.4 cm³/mol. The summed E-state index contributed by atoms with van der Waals surface area (Å²) in [6.45, 7) is 7.54. The van der Waals surface area contributed by atoms with Crippen LogP contribution in [0.4, 0.5) is 4.79 Å². The SMILES string of the molecule is CC(=O)c1cc2n(n1)CCCN(C(=O)OCc1cc(C)cc(C)c1)C2. The molecule has 0 saturated heterocycles. The molecule has 0 fully saturated rings. The number of ketones is 1. The van der Waals surface area contributed by atoms with Gasteiger partial charge >= 0.3 is 6.09 Å². The molecule has 0 unspecified atom stereocenters. The van der Waals surface area contributed by atoms with Gasteiger partial charge < -0.3 is 9.64 Å². The third-order valence-electron chi connectivity index (χ3n) is 4.28. The van der Waals surface area contributed by atoms with Gasteiger partial charge in [-0.2, -0.15) is 5.10 Å². The lowest BCUT2D eigenvalue weighted by atomic mass is 10.1. The fourth-order valence-electron chi connectivity index (χ4n) is 3.18. The summed E-state index contributed by atoms with van der Waals surface area (Å²) in [4.78, 5) is 25.6. The predicted octanol–water partition coefficient (Wildman–Crippen LogP) is 3.25. The molecule has 0 bridgehead atoms. The van der Waals surface area contributed by atoms with Crippen LogP contribution in [0.5, 0.6) is 0 Å². The smallest absolute Gasteiger partial charge is 0.410 e. The molecule has 1 aliphatic heterocycles. The van der Waals surface area contributed by atoms with Crippen LogP contribution >= 0.6 is 0 Å². The summed E-state index contributed by atoms with van der Waals surface area (Å²) in [5.74, 6) is -0.0653. The van der Waals surface area contributed by atoms with E-state index in [1.165, 1.54) is 6.92 Å². The number of Topliss-reactive ketones (excluding diaryl/α,β-unsaturated/α-hetero) is 1. The maximum atomic E-state index is 12.5. The Labute approximate surface area is 147 Å². The highest BCUT2D eigenvalue weighted by atomic mass is 16.6. The number of hydrogen-bond acceptors (Lipinski definition) is 4. The molecule has 0 N–H and O–H groups in total. The Kier molecular flexibility index (Phi) is 4.88. The van der Waals surface area contributed by atoms with Gasteiger partial charge in [0.1, 0.15) is 12.3 Å². The number of aryl methyl sites for hydroxylation is 3. The topological polar surface area (TPSA) is 64.4 Å². The van der Waals surface area contributed by atoms with E-state index >= 15 is 0 Å². The lowest BCUT2D eigenvalue weighted by molar-refractivity contribution is 0.0941. The molecule has 25 heavy (non-hydrogen) atoms. The Hall–Kier alpha value is -2.63. The van der Waals surface area contributed by atoms with Crippen molar-refractivity contribution in [3.8, 4) is 0 Å². The number of carbonyl (C=O) groups excluding carboxylic acids is 2. The molecule has 3 rings (SSSR count). The van der Waals surface area contributed by atoms with Crippen molar-refractivity contribution < 1.29 is 14.3 Å². The normalized spacial score (nSPS) is 14.0. The number of ether oxygens (including phenoxy) is 1. The van der Waals surface area contributed by atoms with Crippen LogP contribution in [-0.2, 0) is 24.4 Å². The van der Waals surface area contributed by atoms with Crippen LogP contribution in [0.15, 0.2) is 24.3 Å². The van der Waals surface area contributed by atoms with Gasteiger partial charge in [-0.25, -0.2) is 4.79 Å². The third-order valence-corrected chi connectivity index (χ3v) is 4.28. The lowest BCUT2D eigenvalue weighted by Crippen LogP contribution is -2.31. The molecule has 0 radical (unpaired) electrons. The third kappa shape index (κ3) is 4.07. The first-order chi connectivity index (χ1) is 11.9. The van der Waals surface area contributed by atoms with E-state index < -0.39 is 0 Å². The fraction of sp³-hybridized carbons (Fsp3) is 0.421. The summed E-state index contributed by atoms with van der Waals surface area (Å²) in [5.41, 5.74) is 4.61. The highest BCUT2D eigenvalue weighted by Crippen LogP contribution is 2.16. The first-order valence-electron chi connectivity index (χ1n) is 8.49. The number of aromatic nitrogens is 2. The molecule has 2 heterocycles. The Bertz CT molecular complexity index is 790. The highest BCUT2D eigenvalue weighted by Gasteiger charge is 2.22. The van der Waals surface area contributed by atoms with Gasteiger partial charge in [0, 0.05) is 20.0 Å². The van der Waals surface area contributed by atoms with Crippen molar-refractivity contribution >= 4 is 11.9 Å². The van der Waals surface area contributed by atoms with E-state index in [0.717, 1.165) is 28.8 Å². The quantitative estimate of drug-likeness (QED) is 0.804. The van der Waals surface area contributed by atoms with E-state index in [-0.39, 0.29) is 18.5 Å². The molecule has 6 heteroatoms. The second kappa shape index (κ2) is 7.09. The molecule has 0 spiro atoms. The summed E-state index contributed by atoms with van der Waals surface area (Å²) in [6.07, 6.45) is 0.447. The van der Waals surface area contributed by atoms with Crippen molar-refractivity contribution in [3.05, 3.63) is 52.3 Å². The zero-order valence-electron chi connectivity index (χ0n) is 14.9. The maximum absolute atomic E-state index is 12.5. The van der Waals surface area contributed by atoms with Crippen LogP contribution in [0, 0.1) is 13.8 Å². The van der Waals surface area contributed by atoms with Crippen LogP contribution in [0.1, 0.15) is 46.2 Å². The fourth-order valence-corrected chi connectivity index (χ4v) is 3.18. The van der Waals surface area contributed by atoms with E-state index in [9.17, 15) is 9.59 Å². The van der Waals surface area contributed by atoms with Gasteiger partial charge in [-0.1, -0.05) is 29.3 Å². The minimum Gasteiger partial charge on any atom is -0.445 e. The number of carbonyl (C=O) groups is 2. The summed E-state index contributed by atoms with van der Waals surface area (Å²) in [6, 6.07) is 7.90. The van der Waals surface area contributed by atoms with Crippen molar-refractivity contribution in [2.75, 3.05) is 6.54 Å². The van der Waals surface area contributed by atoms with Gasteiger partial charge in [0.25, 0.3) is 0 Å². The second-order valence-corrected chi connectivity index (χ2v) is 6.63. The van der Waals surface area contributed by atoms with Crippen molar-refractivity contribution in [1.29, 1.82) is 0 Å². The Balaban J connectivity index is 1.66. The largest absolute Gasteiger partial charge is 0.445 e. The van der Waals surface area contributed by atoms with Gasteiger partial charge in [0.15, 0.2) is 5.78 Å². The van der Waals surface area contributed by atoms with Crippen molar-refractivity contribution in [2.24, 2.45) is 0 Å². The first-order valence-corrected chi connectivity index (χ1v) is 8.49. The van der Waals surface area contributed by atoms with E-state index in [1.54, 1.807) is 11.0 Å². The van der Waals surface area contributed by atoms with Crippen LogP contribution < -0.4 is 0 Å². The van der Waals surface area contributed by atoms with E-state index in [0.29, 0.717) is 25.3 Å². The summed E-state index contributed by atoms with van der Waals surface area (Å²) in [7, 11) is 0. The van der Waals surface area contributed by atoms with Gasteiger partial charge in [-0.3, -0.25) is 9.48 Å². The molecular formula is C19H23N3O3. The van der Waals surface area contributed by atoms with E-state index in [2.05, 4.69) is 11.2 Å². The van der Waals surface area contributed by atoms with Gasteiger partial charge in [-0.15, -0.1) is 0 Å². The molecule has 132 valence electrons. The molecule has 6 nitrogen and oxygen atoms in total. The number of nitrogens with zero attached hydrogens (tertiary/aromatic N) is 3. The van der Waals surface area contributed by atoms with E-state index in [4.69, 9.17) is 4.74 Å². The number of hydrogen-bond donors (Lipinski definition) is 0. The minimum atomic E-state index is -0.335. The Morgan fingerprint density at radius 3 is 2.52 bits per heavy atom. The average molecular weight is 341 g/mol. The lowest BCUT2D eigenvalue weighted by Gasteiger charge is -2.19. The van der Waals surface area contributed by atoms with Crippen molar-refractivity contribution in [2.45, 2.75) is 46.9 Å². The van der Waals surface area contributed by atoms with Gasteiger partial charge in [0.2, 0.25) is 0 Å². The summed E-state index contributed by atoms with van der Waals surface area (Å²) < 4.78 is 7.31. The Morgan fingerprint density at radius 1 is 1.12 bits per heavy atom. The average Bonchev–Trinajstić information content (AvgIpc) is 2.84. The monoisotopic (exact) mass is 341 g/mol. The molecule has 0 atom stereocenters. The maximum Gasteiger partial charge on any atom is 0.410 e. The van der Waals surface area contributed by atoms with Crippen molar-refractivity contribution in [3.63, 3.8) is 0 Å². The van der Waals surface area contributed by atoms with Crippen LogP contribution in [0.3, 0.4) is 0 Å². The second-order valence-electron chi connectivity index (χ2n) is 6.63. The molecule has 1 amide bonds. The number of rotatable bonds is 3. The molecule has 1 aromatic carbocycles. The number of benzene rings is 1. The number of amides is 1. The number of fused-ring (bicyclic) bond motifs is 1. The molecule has 0 saturated carbocycles. The summed E-state index contributed by atoms with van der Waals surface area (Å²) in [5, 5.41) is 4.31. The zero-order valence-corrected chi connectivity index (χ0v) is 14.9. The van der Waals surface area contributed by atoms with Gasteiger partial charge in [-0.05, 0) is 31.9 Å². The van der Waals surface area contributed by atoms with E-state index in [1.807, 2.05) is 30.7 Å². The standard InChI is InChI=1S/C19H23N3O3/c1-13-7-14(2)9-16(8-13)12-25-19(24)21-5-4-6-22-17(11-21)10-18(20-22)15(3)23/h7-10H,4-6,11-12H2,1-3H3. The molecular weight excluding hydrogens is 318 g/mol. The molecule has 0 aliphatic carbocycles. The molecule has 1 aromatic heterocycles. The molecule has 1 aliphatic rings.